The van der Waals surface area contributed by atoms with Crippen LogP contribution in [0, 0.1) is 0 Å². The fraction of sp³-hybridized carbons (Fsp3) is 0.265. The van der Waals surface area contributed by atoms with Gasteiger partial charge in [-0.25, -0.2) is 9.79 Å². The molecule has 12 heteroatoms. The van der Waals surface area contributed by atoms with Crippen molar-refractivity contribution in [2.75, 3.05) is 27.4 Å². The maximum absolute atomic E-state index is 14.1. The summed E-state index contributed by atoms with van der Waals surface area (Å²) in [4.78, 5) is 32.5. The van der Waals surface area contributed by atoms with E-state index >= 15 is 0 Å². The molecule has 0 amide bonds. The summed E-state index contributed by atoms with van der Waals surface area (Å²) < 4.78 is 30.3. The molecule has 1 aliphatic heterocycles. The molecule has 1 aromatic heterocycles. The van der Waals surface area contributed by atoms with E-state index in [1.807, 2.05) is 19.1 Å². The summed E-state index contributed by atoms with van der Waals surface area (Å²) in [7, 11) is 3.08. The third-order valence-corrected chi connectivity index (χ3v) is 8.79. The molecule has 5 rings (SSSR count). The number of thiazole rings is 1. The molecule has 0 N–H and O–H groups in total. The molecule has 0 unspecified atom stereocenters. The van der Waals surface area contributed by atoms with Crippen LogP contribution in [0.5, 0.6) is 23.0 Å². The predicted molar refractivity (Wildman–Crippen MR) is 178 cm³/mol. The molecule has 9 nitrogen and oxygen atoms in total. The van der Waals surface area contributed by atoms with E-state index in [-0.39, 0.29) is 24.3 Å². The number of methoxy groups -OCH3 is 2. The Morgan fingerprint density at radius 3 is 2.46 bits per heavy atom. The Kier molecular flexibility index (Phi) is 10.4. The standard InChI is InChI=1S/C34H32Cl2N2O7S/c1-6-43-28-14-20(8-13-26(28)45-18-21-9-10-22(35)16-25(21)36)15-29-32(39)38-31(24-12-11-23(41-4)17-27(24)42-5)30(33(40)44-7-2)19(3)37-34(38)46-29/h8-17,31H,6-7,18H2,1-5H3/b29-15-/t31-/m1/s1. The van der Waals surface area contributed by atoms with Crippen molar-refractivity contribution >= 4 is 46.6 Å². The molecule has 2 heterocycles. The number of benzene rings is 3. The molecule has 0 bridgehead atoms. The average Bonchev–Trinajstić information content (AvgIpc) is 3.34. The molecule has 0 aliphatic carbocycles. The Morgan fingerprint density at radius 2 is 1.76 bits per heavy atom. The Hall–Kier alpha value is -4.25. The van der Waals surface area contributed by atoms with Crippen LogP contribution < -0.4 is 33.8 Å². The molecule has 0 spiro atoms. The van der Waals surface area contributed by atoms with Gasteiger partial charge in [-0.3, -0.25) is 9.36 Å². The van der Waals surface area contributed by atoms with Crippen LogP contribution in [0.15, 0.2) is 75.7 Å². The third-order valence-electron chi connectivity index (χ3n) is 7.22. The second-order valence-corrected chi connectivity index (χ2v) is 11.9. The molecule has 0 saturated carbocycles. The van der Waals surface area contributed by atoms with Crippen LogP contribution in [0.3, 0.4) is 0 Å². The minimum atomic E-state index is -0.840. The number of nitrogens with zero attached hydrogens (tertiary/aromatic N) is 2. The lowest BCUT2D eigenvalue weighted by Crippen LogP contribution is -2.40. The monoisotopic (exact) mass is 682 g/mol. The normalized spacial score (nSPS) is 14.4. The molecule has 240 valence electrons. The van der Waals surface area contributed by atoms with Gasteiger partial charge in [-0.2, -0.15) is 0 Å². The number of carbonyl (C=O) groups is 1. The first-order valence-electron chi connectivity index (χ1n) is 14.4. The van der Waals surface area contributed by atoms with Gasteiger partial charge in [-0.15, -0.1) is 0 Å². The van der Waals surface area contributed by atoms with Gasteiger partial charge in [-0.1, -0.05) is 46.7 Å². The van der Waals surface area contributed by atoms with E-state index in [0.717, 1.165) is 5.56 Å². The van der Waals surface area contributed by atoms with Gasteiger partial charge in [0.1, 0.15) is 24.1 Å². The topological polar surface area (TPSA) is 97.6 Å². The van der Waals surface area contributed by atoms with Crippen LogP contribution in [0.25, 0.3) is 6.08 Å². The average molecular weight is 684 g/mol. The zero-order valence-corrected chi connectivity index (χ0v) is 28.2. The second kappa shape index (κ2) is 14.5. The molecule has 3 aromatic carbocycles. The quantitative estimate of drug-likeness (QED) is 0.176. The van der Waals surface area contributed by atoms with Gasteiger partial charge in [0.15, 0.2) is 16.3 Å². The van der Waals surface area contributed by atoms with Crippen molar-refractivity contribution in [1.82, 2.24) is 4.57 Å². The van der Waals surface area contributed by atoms with Crippen LogP contribution >= 0.6 is 34.5 Å². The molecule has 1 aliphatic rings. The van der Waals surface area contributed by atoms with Crippen LogP contribution in [-0.4, -0.2) is 38.0 Å². The highest BCUT2D eigenvalue weighted by Gasteiger charge is 2.35. The highest BCUT2D eigenvalue weighted by atomic mass is 35.5. The lowest BCUT2D eigenvalue weighted by molar-refractivity contribution is -0.139. The van der Waals surface area contributed by atoms with E-state index in [4.69, 9.17) is 46.9 Å². The van der Waals surface area contributed by atoms with E-state index < -0.39 is 12.0 Å². The Bertz CT molecular complexity index is 2000. The third kappa shape index (κ3) is 6.79. The van der Waals surface area contributed by atoms with E-state index in [2.05, 4.69) is 4.99 Å². The van der Waals surface area contributed by atoms with Crippen LogP contribution in [-0.2, 0) is 16.1 Å². The van der Waals surface area contributed by atoms with Gasteiger partial charge in [0, 0.05) is 27.2 Å². The zero-order valence-electron chi connectivity index (χ0n) is 25.9. The minimum Gasteiger partial charge on any atom is -0.497 e. The fourth-order valence-electron chi connectivity index (χ4n) is 5.08. The second-order valence-electron chi connectivity index (χ2n) is 10.1. The zero-order chi connectivity index (χ0) is 33.0. The van der Waals surface area contributed by atoms with Crippen molar-refractivity contribution in [1.29, 1.82) is 0 Å². The molecule has 0 saturated heterocycles. The number of esters is 1. The van der Waals surface area contributed by atoms with Gasteiger partial charge in [-0.05, 0) is 68.8 Å². The Balaban J connectivity index is 1.58. The summed E-state index contributed by atoms with van der Waals surface area (Å²) in [6, 6.07) is 15.1. The maximum atomic E-state index is 14.1. The first kappa shape index (κ1) is 33.1. The highest BCUT2D eigenvalue weighted by molar-refractivity contribution is 7.07. The van der Waals surface area contributed by atoms with E-state index in [0.29, 0.717) is 65.8 Å². The number of hydrogen-bond acceptors (Lipinski definition) is 9. The minimum absolute atomic E-state index is 0.168. The number of carbonyl (C=O) groups excluding carboxylic acids is 1. The Labute approximate surface area is 279 Å². The summed E-state index contributed by atoms with van der Waals surface area (Å²) in [6.07, 6.45) is 1.76. The molecular formula is C34H32Cl2N2O7S. The first-order chi connectivity index (χ1) is 22.2. The smallest absolute Gasteiger partial charge is 0.338 e. The molecule has 0 radical (unpaired) electrons. The van der Waals surface area contributed by atoms with Crippen molar-refractivity contribution in [3.05, 3.63) is 112 Å². The van der Waals surface area contributed by atoms with Crippen molar-refractivity contribution in [2.24, 2.45) is 4.99 Å². The molecule has 4 aromatic rings. The van der Waals surface area contributed by atoms with Crippen molar-refractivity contribution in [3.63, 3.8) is 0 Å². The van der Waals surface area contributed by atoms with Gasteiger partial charge in [0.05, 0.1) is 43.2 Å². The number of allylic oxidation sites excluding steroid dienone is 1. The number of rotatable bonds is 11. The van der Waals surface area contributed by atoms with Crippen molar-refractivity contribution in [2.45, 2.75) is 33.4 Å². The molecule has 0 fully saturated rings. The molecule has 46 heavy (non-hydrogen) atoms. The van der Waals surface area contributed by atoms with Gasteiger partial charge in [0.2, 0.25) is 0 Å². The van der Waals surface area contributed by atoms with Crippen LogP contribution in [0.2, 0.25) is 10.0 Å². The fourth-order valence-corrected chi connectivity index (χ4v) is 6.59. The number of ether oxygens (including phenoxy) is 5. The van der Waals surface area contributed by atoms with Crippen LogP contribution in [0.1, 0.15) is 43.5 Å². The summed E-state index contributed by atoms with van der Waals surface area (Å²) in [6.45, 7) is 6.12. The van der Waals surface area contributed by atoms with E-state index in [9.17, 15) is 9.59 Å². The summed E-state index contributed by atoms with van der Waals surface area (Å²) in [5.74, 6) is 1.49. The van der Waals surface area contributed by atoms with Crippen molar-refractivity contribution in [3.8, 4) is 23.0 Å². The number of hydrogen-bond donors (Lipinski definition) is 0. The number of halogens is 2. The van der Waals surface area contributed by atoms with Gasteiger partial charge < -0.3 is 23.7 Å². The number of aromatic nitrogens is 1. The summed E-state index contributed by atoms with van der Waals surface area (Å²) >= 11 is 13.6. The lowest BCUT2D eigenvalue weighted by Gasteiger charge is -2.26. The molecular weight excluding hydrogens is 651 g/mol. The Morgan fingerprint density at radius 1 is 0.957 bits per heavy atom. The summed E-state index contributed by atoms with van der Waals surface area (Å²) in [5.41, 5.74) is 2.47. The first-order valence-corrected chi connectivity index (χ1v) is 16.0. The van der Waals surface area contributed by atoms with Gasteiger partial charge >= 0.3 is 5.97 Å². The van der Waals surface area contributed by atoms with E-state index in [1.54, 1.807) is 69.5 Å². The largest absolute Gasteiger partial charge is 0.497 e. The predicted octanol–water partition coefficient (Wildman–Crippen LogP) is 6.10. The summed E-state index contributed by atoms with van der Waals surface area (Å²) in [5, 5.41) is 1.05. The SMILES string of the molecule is CCOC(=O)C1=C(C)N=c2s/c(=C\c3ccc(OCc4ccc(Cl)cc4Cl)c(OCC)c3)c(=O)n2[C@@H]1c1ccc(OC)cc1OC. The number of fused-ring (bicyclic) bond motifs is 1. The van der Waals surface area contributed by atoms with Gasteiger partial charge in [0.25, 0.3) is 5.56 Å². The highest BCUT2D eigenvalue weighted by Crippen LogP contribution is 2.38. The molecule has 1 atom stereocenters. The maximum Gasteiger partial charge on any atom is 0.338 e. The van der Waals surface area contributed by atoms with E-state index in [1.165, 1.54) is 23.0 Å². The van der Waals surface area contributed by atoms with Crippen LogP contribution in [0.4, 0.5) is 0 Å². The van der Waals surface area contributed by atoms with Crippen molar-refractivity contribution < 1.29 is 28.5 Å². The lowest BCUT2D eigenvalue weighted by atomic mass is 9.95.